The van der Waals surface area contributed by atoms with Crippen LogP contribution in [0.4, 0.5) is 0 Å². The van der Waals surface area contributed by atoms with Crippen LogP contribution in [0.1, 0.15) is 144 Å². The first-order valence-electron chi connectivity index (χ1n) is 24.0. The van der Waals surface area contributed by atoms with Gasteiger partial charge in [-0.1, -0.05) is 35.1 Å². The second-order valence-corrected chi connectivity index (χ2v) is 23.4. The SMILES string of the molecule is C.CO.COC(=O)[C@@H]1C[C@]2(C#N)CC(=O)CC[C@]2(C)[C@@]23O[C@@H]2C[C@@]2(C)C(CC[C@@]24CCC(=O)O4)C13.C[C@]12C[C@H]3OC34C(C3C[C@]5(C#N)C(C(=O)CC[C@]45C)C3=O)C1CC[C@@]21CCC(=O)O1. The van der Waals surface area contributed by atoms with Gasteiger partial charge in [-0.05, 0) is 88.9 Å². The number of Topliss-reactive ketones (excluding diaryl/α,β-unsaturated/α-hetero) is 3. The molecular formula is C51H66N2O12. The molecule has 14 heteroatoms. The minimum absolute atomic E-state index is 0. The molecule has 0 aromatic carbocycles. The van der Waals surface area contributed by atoms with Crippen molar-refractivity contribution >= 4 is 35.3 Å². The number of carbonyl (C=O) groups excluding carboxylic acids is 6. The van der Waals surface area contributed by atoms with Gasteiger partial charge in [-0.2, -0.15) is 10.5 Å². The van der Waals surface area contributed by atoms with E-state index in [1.165, 1.54) is 7.11 Å². The number of aliphatic hydroxyl groups is 1. The van der Waals surface area contributed by atoms with Crippen molar-refractivity contribution in [3.05, 3.63) is 0 Å². The number of rotatable bonds is 1. The fourth-order valence-corrected chi connectivity index (χ4v) is 19.5. The normalized spacial score (nSPS) is 55.8. The fourth-order valence-electron chi connectivity index (χ4n) is 19.5. The number of nitriles is 2. The third kappa shape index (κ3) is 4.67. The fraction of sp³-hybridized carbons (Fsp3) is 0.843. The molecule has 13 rings (SSSR count). The van der Waals surface area contributed by atoms with Crippen molar-refractivity contribution in [3.63, 3.8) is 0 Å². The van der Waals surface area contributed by atoms with Crippen LogP contribution in [0.15, 0.2) is 0 Å². The molecule has 2 bridgehead atoms. The van der Waals surface area contributed by atoms with Crippen LogP contribution in [0.2, 0.25) is 0 Å². The molecule has 0 aromatic rings. The Morgan fingerprint density at radius 1 is 0.692 bits per heavy atom. The Labute approximate surface area is 381 Å². The first-order valence-corrected chi connectivity index (χ1v) is 24.0. The van der Waals surface area contributed by atoms with E-state index in [9.17, 15) is 39.3 Å². The number of fused-ring (bicyclic) bond motifs is 9. The Balaban J connectivity index is 0.000000146. The first-order chi connectivity index (χ1) is 30.3. The number of methoxy groups -OCH3 is 1. The molecule has 1 N–H and O–H groups in total. The molecule has 13 aliphatic rings. The molecule has 4 heterocycles. The summed E-state index contributed by atoms with van der Waals surface area (Å²) in [7, 11) is 2.40. The number of hydrogen-bond donors (Lipinski definition) is 1. The van der Waals surface area contributed by atoms with Crippen molar-refractivity contribution in [3.8, 4) is 12.1 Å². The molecule has 0 radical (unpaired) electrons. The van der Waals surface area contributed by atoms with Crippen molar-refractivity contribution in [2.24, 2.45) is 73.9 Å². The van der Waals surface area contributed by atoms with Crippen molar-refractivity contribution in [1.82, 2.24) is 0 Å². The van der Waals surface area contributed by atoms with Crippen molar-refractivity contribution < 1.29 is 57.6 Å². The molecule has 4 spiro atoms. The summed E-state index contributed by atoms with van der Waals surface area (Å²) in [6.07, 6.45) is 10.4. The molecule has 352 valence electrons. The van der Waals surface area contributed by atoms with Crippen LogP contribution >= 0.6 is 0 Å². The maximum atomic E-state index is 13.7. The quantitative estimate of drug-likeness (QED) is 0.136. The predicted molar refractivity (Wildman–Crippen MR) is 226 cm³/mol. The predicted octanol–water partition coefficient (Wildman–Crippen LogP) is 6.08. The molecule has 4 aliphatic heterocycles. The summed E-state index contributed by atoms with van der Waals surface area (Å²) in [6, 6.07) is 5.06. The van der Waals surface area contributed by atoms with Crippen LogP contribution in [-0.4, -0.2) is 89.2 Å². The van der Waals surface area contributed by atoms with Gasteiger partial charge in [-0.3, -0.25) is 28.8 Å². The summed E-state index contributed by atoms with van der Waals surface area (Å²) in [6.45, 7) is 8.74. The Kier molecular flexibility index (Phi) is 9.36. The molecule has 4 saturated heterocycles. The van der Waals surface area contributed by atoms with E-state index in [0.717, 1.165) is 58.5 Å². The van der Waals surface area contributed by atoms with Gasteiger partial charge in [0.2, 0.25) is 0 Å². The van der Waals surface area contributed by atoms with E-state index in [-0.39, 0.29) is 102 Å². The maximum absolute atomic E-state index is 13.7. The second-order valence-electron chi connectivity index (χ2n) is 23.4. The van der Waals surface area contributed by atoms with Crippen LogP contribution in [0.25, 0.3) is 0 Å². The lowest BCUT2D eigenvalue weighted by Gasteiger charge is -2.63. The molecule has 9 aliphatic carbocycles. The number of ketones is 3. The van der Waals surface area contributed by atoms with E-state index < -0.39 is 55.9 Å². The van der Waals surface area contributed by atoms with Gasteiger partial charge in [0, 0.05) is 78.6 Å². The van der Waals surface area contributed by atoms with Gasteiger partial charge < -0.3 is 28.8 Å². The Morgan fingerprint density at radius 3 is 1.74 bits per heavy atom. The lowest BCUT2D eigenvalue weighted by atomic mass is 9.37. The number of ether oxygens (including phenoxy) is 5. The molecule has 14 nitrogen and oxygen atoms in total. The van der Waals surface area contributed by atoms with E-state index in [2.05, 4.69) is 39.8 Å². The lowest BCUT2D eigenvalue weighted by molar-refractivity contribution is -0.193. The van der Waals surface area contributed by atoms with Gasteiger partial charge in [0.05, 0.1) is 54.1 Å². The number of aliphatic hydroxyl groups excluding tert-OH is 1. The Hall–Kier alpha value is -3.72. The van der Waals surface area contributed by atoms with Gasteiger partial charge >= 0.3 is 17.9 Å². The summed E-state index contributed by atoms with van der Waals surface area (Å²) in [5, 5.41) is 27.8. The number of epoxide rings is 2. The van der Waals surface area contributed by atoms with Gasteiger partial charge in [0.25, 0.3) is 0 Å². The minimum Gasteiger partial charge on any atom is -0.469 e. The van der Waals surface area contributed by atoms with E-state index in [0.29, 0.717) is 51.4 Å². The van der Waals surface area contributed by atoms with E-state index in [1.54, 1.807) is 0 Å². The topological polar surface area (TPSA) is 223 Å². The van der Waals surface area contributed by atoms with Crippen LogP contribution in [-0.2, 0) is 52.5 Å². The third-order valence-corrected chi connectivity index (χ3v) is 22.5. The van der Waals surface area contributed by atoms with Crippen LogP contribution in [0.3, 0.4) is 0 Å². The zero-order chi connectivity index (χ0) is 45.6. The first kappa shape index (κ1) is 45.1. The monoisotopic (exact) mass is 898 g/mol. The molecule has 19 atom stereocenters. The zero-order valence-corrected chi connectivity index (χ0v) is 38.0. The average molecular weight is 899 g/mol. The lowest BCUT2D eigenvalue weighted by Crippen LogP contribution is -2.68. The third-order valence-electron chi connectivity index (χ3n) is 22.5. The summed E-state index contributed by atoms with van der Waals surface area (Å²) >= 11 is 0. The van der Waals surface area contributed by atoms with Gasteiger partial charge in [-0.15, -0.1) is 0 Å². The molecule has 13 fully saturated rings. The number of hydrogen-bond acceptors (Lipinski definition) is 14. The highest BCUT2D eigenvalue weighted by atomic mass is 16.6. The summed E-state index contributed by atoms with van der Waals surface area (Å²) < 4.78 is 30.6. The smallest absolute Gasteiger partial charge is 0.309 e. The summed E-state index contributed by atoms with van der Waals surface area (Å²) in [4.78, 5) is 76.6. The highest BCUT2D eigenvalue weighted by molar-refractivity contribution is 6.08. The Bertz CT molecular complexity index is 2300. The largest absolute Gasteiger partial charge is 0.469 e. The highest BCUT2D eigenvalue weighted by Gasteiger charge is 2.91. The maximum Gasteiger partial charge on any atom is 0.309 e. The van der Waals surface area contributed by atoms with E-state index in [4.69, 9.17) is 28.8 Å². The number of carbonyl (C=O) groups is 6. The van der Waals surface area contributed by atoms with Crippen LogP contribution < -0.4 is 0 Å². The molecule has 7 unspecified atom stereocenters. The van der Waals surface area contributed by atoms with Crippen LogP contribution in [0, 0.1) is 96.6 Å². The number of esters is 3. The zero-order valence-electron chi connectivity index (χ0n) is 38.0. The average Bonchev–Trinajstić information content (AvgIpc) is 3.89. The van der Waals surface area contributed by atoms with Gasteiger partial charge in [-0.25, -0.2) is 0 Å². The van der Waals surface area contributed by atoms with Crippen molar-refractivity contribution in [2.45, 2.75) is 179 Å². The van der Waals surface area contributed by atoms with Crippen LogP contribution in [0.5, 0.6) is 0 Å². The molecule has 0 aromatic heterocycles. The summed E-state index contributed by atoms with van der Waals surface area (Å²) in [5.41, 5.74) is -5.29. The van der Waals surface area contributed by atoms with E-state index >= 15 is 0 Å². The van der Waals surface area contributed by atoms with Crippen molar-refractivity contribution in [1.29, 1.82) is 10.5 Å². The summed E-state index contributed by atoms with van der Waals surface area (Å²) in [5.74, 6) is -1.77. The van der Waals surface area contributed by atoms with Crippen molar-refractivity contribution in [2.75, 3.05) is 14.2 Å². The molecular weight excluding hydrogens is 833 g/mol. The minimum atomic E-state index is -0.920. The molecule has 0 amide bonds. The highest BCUT2D eigenvalue weighted by Crippen LogP contribution is 2.84. The molecule has 65 heavy (non-hydrogen) atoms. The molecule has 9 saturated carbocycles. The van der Waals surface area contributed by atoms with Gasteiger partial charge in [0.1, 0.15) is 39.8 Å². The second kappa shape index (κ2) is 13.5. The standard InChI is InChI=1S/C25H31NO6.C24H27NO5.CH4O.CH4/c1-21-12-17-25(31-17)19(16(21)5-8-24(21)9-6-18(28)32-24)15(20(29)30-3)11-23(13-26)10-14(27)4-7-22(23,25)2;1-20-10-15-24(29-15)17(13(20)3-7-23(20)8-5-16(27)30-23)12-9-22(11-25)18(19(12)28)14(26)4-6-21(22,24)2;1-2;/h15-17,19H,4-12H2,1-3H3;12-13,15,17-18H,3-10H2,1-2H3;2H,1H3;1H4/t15-,16?,17-,19?,21+,22+,23+,24-,25-;12?,13?,15-,17?,18?,20+,21+,22+,23-,24?;;/m11../s1. The van der Waals surface area contributed by atoms with E-state index in [1.807, 2.05) is 0 Å². The van der Waals surface area contributed by atoms with Gasteiger partial charge in [0.15, 0.2) is 0 Å². The number of nitrogens with zero attached hydrogens (tertiary/aromatic N) is 2. The Morgan fingerprint density at radius 2 is 1.23 bits per heavy atom.